The number of ether oxygens (including phenoxy) is 1. The van der Waals surface area contributed by atoms with E-state index in [0.29, 0.717) is 28.8 Å². The third-order valence-electron chi connectivity index (χ3n) is 6.11. The molecule has 7 heteroatoms. The van der Waals surface area contributed by atoms with Crippen LogP contribution in [0.1, 0.15) is 42.0 Å². The molecule has 0 aliphatic heterocycles. The zero-order valence-corrected chi connectivity index (χ0v) is 23.1. The maximum Gasteiger partial charge on any atom is 0.261 e. The van der Waals surface area contributed by atoms with Crippen molar-refractivity contribution in [3.63, 3.8) is 0 Å². The van der Waals surface area contributed by atoms with E-state index in [1.807, 2.05) is 74.5 Å². The van der Waals surface area contributed by atoms with Crippen molar-refractivity contribution >= 4 is 35.0 Å². The molecule has 0 fully saturated rings. The Morgan fingerprint density at radius 2 is 1.62 bits per heavy atom. The number of nitrogens with zero attached hydrogens (tertiary/aromatic N) is 1. The summed E-state index contributed by atoms with van der Waals surface area (Å²) in [4.78, 5) is 28.7. The molecule has 3 rings (SSSR count). The van der Waals surface area contributed by atoms with Crippen molar-refractivity contribution in [2.75, 3.05) is 13.2 Å². The fourth-order valence-corrected chi connectivity index (χ4v) is 4.43. The van der Waals surface area contributed by atoms with E-state index in [9.17, 15) is 9.59 Å². The van der Waals surface area contributed by atoms with Gasteiger partial charge in [0, 0.05) is 29.6 Å². The summed E-state index contributed by atoms with van der Waals surface area (Å²) in [6.45, 7) is 6.42. The summed E-state index contributed by atoms with van der Waals surface area (Å²) < 4.78 is 5.90. The molecule has 3 aromatic rings. The Labute approximate surface area is 229 Å². The van der Waals surface area contributed by atoms with Crippen LogP contribution in [0.3, 0.4) is 0 Å². The van der Waals surface area contributed by atoms with Gasteiger partial charge in [-0.2, -0.15) is 0 Å². The van der Waals surface area contributed by atoms with Crippen molar-refractivity contribution < 1.29 is 14.3 Å². The van der Waals surface area contributed by atoms with E-state index in [0.717, 1.165) is 35.1 Å². The van der Waals surface area contributed by atoms with E-state index >= 15 is 0 Å². The van der Waals surface area contributed by atoms with Crippen LogP contribution in [-0.4, -0.2) is 35.9 Å². The zero-order valence-electron chi connectivity index (χ0n) is 21.6. The summed E-state index contributed by atoms with van der Waals surface area (Å²) >= 11 is 12.5. The summed E-state index contributed by atoms with van der Waals surface area (Å²) in [6, 6.07) is 19.9. The van der Waals surface area contributed by atoms with Gasteiger partial charge < -0.3 is 15.0 Å². The van der Waals surface area contributed by atoms with Crippen LogP contribution in [-0.2, 0) is 22.6 Å². The molecule has 0 bridgehead atoms. The highest BCUT2D eigenvalue weighted by atomic mass is 35.5. The SMILES string of the molecule is CCCCNC(=O)C(Cc1ccccc1)N(Cc1cccc(Cl)c1)C(=O)COc1cc(C)c(Cl)c(C)c1. The predicted molar refractivity (Wildman–Crippen MR) is 150 cm³/mol. The molecule has 0 aromatic heterocycles. The van der Waals surface area contributed by atoms with Crippen LogP contribution in [0.25, 0.3) is 0 Å². The quantitative estimate of drug-likeness (QED) is 0.265. The van der Waals surface area contributed by atoms with Crippen LogP contribution >= 0.6 is 23.2 Å². The first-order valence-corrected chi connectivity index (χ1v) is 13.3. The Bertz CT molecular complexity index is 1180. The van der Waals surface area contributed by atoms with Crippen LogP contribution in [0.4, 0.5) is 0 Å². The van der Waals surface area contributed by atoms with Gasteiger partial charge in [0.25, 0.3) is 5.91 Å². The van der Waals surface area contributed by atoms with Crippen LogP contribution in [0.2, 0.25) is 10.0 Å². The van der Waals surface area contributed by atoms with Crippen molar-refractivity contribution in [1.82, 2.24) is 10.2 Å². The van der Waals surface area contributed by atoms with Gasteiger partial charge in [0.2, 0.25) is 5.91 Å². The van der Waals surface area contributed by atoms with Crippen molar-refractivity contribution in [2.24, 2.45) is 0 Å². The van der Waals surface area contributed by atoms with Crippen LogP contribution in [0, 0.1) is 13.8 Å². The molecular formula is C30H34Cl2N2O3. The Morgan fingerprint density at radius 3 is 2.27 bits per heavy atom. The summed E-state index contributed by atoms with van der Waals surface area (Å²) in [6.07, 6.45) is 2.21. The van der Waals surface area contributed by atoms with Gasteiger partial charge in [-0.05, 0) is 66.8 Å². The fraction of sp³-hybridized carbons (Fsp3) is 0.333. The third kappa shape index (κ3) is 8.51. The third-order valence-corrected chi connectivity index (χ3v) is 6.95. The summed E-state index contributed by atoms with van der Waals surface area (Å²) in [5.41, 5.74) is 3.54. The molecule has 0 aliphatic rings. The molecule has 0 aliphatic carbocycles. The molecule has 1 N–H and O–H groups in total. The molecule has 37 heavy (non-hydrogen) atoms. The van der Waals surface area contributed by atoms with Gasteiger partial charge in [0.1, 0.15) is 11.8 Å². The normalized spacial score (nSPS) is 11.6. The number of hydrogen-bond donors (Lipinski definition) is 1. The summed E-state index contributed by atoms with van der Waals surface area (Å²) in [7, 11) is 0. The number of carbonyl (C=O) groups is 2. The minimum atomic E-state index is -0.719. The Balaban J connectivity index is 1.90. The molecule has 5 nitrogen and oxygen atoms in total. The van der Waals surface area contributed by atoms with Gasteiger partial charge in [-0.3, -0.25) is 9.59 Å². The highest BCUT2D eigenvalue weighted by molar-refractivity contribution is 6.32. The highest BCUT2D eigenvalue weighted by Crippen LogP contribution is 2.26. The molecule has 2 amide bonds. The standard InChI is InChI=1S/C30H34Cl2N2O3/c1-4-5-14-33-30(36)27(18-23-10-7-6-8-11-23)34(19-24-12-9-13-25(31)17-24)28(35)20-37-26-15-21(2)29(32)22(3)16-26/h6-13,15-17,27H,4-5,14,18-20H2,1-3H3,(H,33,36). The first-order chi connectivity index (χ1) is 17.8. The van der Waals surface area contributed by atoms with E-state index in [1.165, 1.54) is 0 Å². The monoisotopic (exact) mass is 540 g/mol. The minimum Gasteiger partial charge on any atom is -0.484 e. The molecular weight excluding hydrogens is 507 g/mol. The average molecular weight is 542 g/mol. The summed E-state index contributed by atoms with van der Waals surface area (Å²) in [5.74, 6) is 0.0742. The lowest BCUT2D eigenvalue weighted by molar-refractivity contribution is -0.142. The highest BCUT2D eigenvalue weighted by Gasteiger charge is 2.30. The number of halogens is 2. The lowest BCUT2D eigenvalue weighted by Gasteiger charge is -2.31. The van der Waals surface area contributed by atoms with E-state index in [-0.39, 0.29) is 25.0 Å². The smallest absolute Gasteiger partial charge is 0.261 e. The number of hydrogen-bond acceptors (Lipinski definition) is 3. The molecule has 0 heterocycles. The number of amides is 2. The molecule has 1 atom stereocenters. The topological polar surface area (TPSA) is 58.6 Å². The molecule has 196 valence electrons. The van der Waals surface area contributed by atoms with Gasteiger partial charge in [-0.25, -0.2) is 0 Å². The molecule has 0 saturated carbocycles. The Kier molecular flexibility index (Phi) is 10.8. The number of nitrogens with one attached hydrogen (secondary N) is 1. The van der Waals surface area contributed by atoms with Crippen molar-refractivity contribution in [3.8, 4) is 5.75 Å². The van der Waals surface area contributed by atoms with Crippen molar-refractivity contribution in [1.29, 1.82) is 0 Å². The summed E-state index contributed by atoms with van der Waals surface area (Å²) in [5, 5.41) is 4.26. The van der Waals surface area contributed by atoms with E-state index in [4.69, 9.17) is 27.9 Å². The first kappa shape index (κ1) is 28.5. The van der Waals surface area contributed by atoms with Crippen LogP contribution in [0.15, 0.2) is 66.7 Å². The van der Waals surface area contributed by atoms with Crippen molar-refractivity contribution in [3.05, 3.63) is 99.0 Å². The molecule has 0 spiro atoms. The van der Waals surface area contributed by atoms with Gasteiger partial charge in [0.05, 0.1) is 0 Å². The van der Waals surface area contributed by atoms with E-state index in [1.54, 1.807) is 11.0 Å². The second kappa shape index (κ2) is 14.1. The lowest BCUT2D eigenvalue weighted by atomic mass is 10.0. The lowest BCUT2D eigenvalue weighted by Crippen LogP contribution is -2.51. The van der Waals surface area contributed by atoms with Crippen LogP contribution < -0.4 is 10.1 Å². The fourth-order valence-electron chi connectivity index (χ4n) is 4.11. The number of aryl methyl sites for hydroxylation is 2. The first-order valence-electron chi connectivity index (χ1n) is 12.5. The van der Waals surface area contributed by atoms with Gasteiger partial charge in [0.15, 0.2) is 6.61 Å². The maximum atomic E-state index is 13.7. The second-order valence-corrected chi connectivity index (χ2v) is 9.98. The molecule has 0 saturated heterocycles. The largest absolute Gasteiger partial charge is 0.484 e. The molecule has 1 unspecified atom stereocenters. The zero-order chi connectivity index (χ0) is 26.8. The predicted octanol–water partition coefficient (Wildman–Crippen LogP) is 6.55. The second-order valence-electron chi connectivity index (χ2n) is 9.16. The number of rotatable bonds is 12. The van der Waals surface area contributed by atoms with Gasteiger partial charge in [-0.1, -0.05) is 79.0 Å². The average Bonchev–Trinajstić information content (AvgIpc) is 2.88. The Morgan fingerprint density at radius 1 is 0.946 bits per heavy atom. The molecule has 0 radical (unpaired) electrons. The van der Waals surface area contributed by atoms with Gasteiger partial charge >= 0.3 is 0 Å². The minimum absolute atomic E-state index is 0.189. The van der Waals surface area contributed by atoms with E-state index in [2.05, 4.69) is 12.2 Å². The van der Waals surface area contributed by atoms with Gasteiger partial charge in [-0.15, -0.1) is 0 Å². The van der Waals surface area contributed by atoms with Crippen LogP contribution in [0.5, 0.6) is 5.75 Å². The number of carbonyl (C=O) groups excluding carboxylic acids is 2. The maximum absolute atomic E-state index is 13.7. The van der Waals surface area contributed by atoms with E-state index < -0.39 is 6.04 Å². The van der Waals surface area contributed by atoms with Crippen molar-refractivity contribution in [2.45, 2.75) is 52.6 Å². The Hall–Kier alpha value is -3.02. The number of benzene rings is 3. The number of unbranched alkanes of at least 4 members (excludes halogenated alkanes) is 1. The molecule has 3 aromatic carbocycles.